The van der Waals surface area contributed by atoms with Gasteiger partial charge in [-0.1, -0.05) is 0 Å². The fourth-order valence-electron chi connectivity index (χ4n) is 1.71. The molecule has 0 saturated heterocycles. The number of rotatable bonds is 5. The van der Waals surface area contributed by atoms with E-state index >= 15 is 0 Å². The zero-order chi connectivity index (χ0) is 15.3. The van der Waals surface area contributed by atoms with Crippen LogP contribution in [0.3, 0.4) is 0 Å². The van der Waals surface area contributed by atoms with Crippen molar-refractivity contribution < 1.29 is 14.3 Å². The second kappa shape index (κ2) is 6.72. The average Bonchev–Trinajstić information content (AvgIpc) is 2.91. The second-order valence-corrected chi connectivity index (χ2v) is 6.56. The molecule has 0 atom stereocenters. The molecule has 0 aliphatic carbocycles. The molecule has 112 valence electrons. The molecule has 0 aliphatic heterocycles. The van der Waals surface area contributed by atoms with Gasteiger partial charge < -0.3 is 9.47 Å². The van der Waals surface area contributed by atoms with Crippen molar-refractivity contribution >= 4 is 17.3 Å². The Bertz CT molecular complexity index is 571. The van der Waals surface area contributed by atoms with E-state index in [9.17, 15) is 4.79 Å². The Morgan fingerprint density at radius 2 is 1.95 bits per heavy atom. The molecule has 0 bridgehead atoms. The first-order valence-corrected chi connectivity index (χ1v) is 7.65. The Morgan fingerprint density at radius 1 is 1.24 bits per heavy atom. The Labute approximate surface area is 128 Å². The zero-order valence-corrected chi connectivity index (χ0v) is 13.3. The lowest BCUT2D eigenvalue weighted by Crippen LogP contribution is -2.22. The van der Waals surface area contributed by atoms with Crippen molar-refractivity contribution in [2.45, 2.75) is 32.8 Å². The summed E-state index contributed by atoms with van der Waals surface area (Å²) in [7, 11) is 0. The predicted molar refractivity (Wildman–Crippen MR) is 82.9 cm³/mol. The minimum atomic E-state index is -0.318. The maximum Gasteiger partial charge on any atom is 0.338 e. The summed E-state index contributed by atoms with van der Waals surface area (Å²) >= 11 is 1.56. The van der Waals surface area contributed by atoms with E-state index in [1.54, 1.807) is 47.3 Å². The molecule has 5 heteroatoms. The normalized spacial score (nSPS) is 11.2. The number of nitrogens with zero attached hydrogens (tertiary/aromatic N) is 1. The highest BCUT2D eigenvalue weighted by atomic mass is 32.1. The monoisotopic (exact) mass is 305 g/mol. The van der Waals surface area contributed by atoms with Crippen LogP contribution in [0.1, 0.15) is 36.0 Å². The number of thiazole rings is 1. The molecular formula is C16H19NO3S. The fraction of sp³-hybridized carbons (Fsp3) is 0.375. The van der Waals surface area contributed by atoms with Gasteiger partial charge in [0.05, 0.1) is 17.7 Å². The standard InChI is InChI=1S/C16H19NO3S/c1-16(2,3)20-13-6-4-12(5-7-13)15(18)19-9-8-14-10-17-11-21-14/h4-7,10-11H,8-9H2,1-3H3. The van der Waals surface area contributed by atoms with Crippen LogP contribution in [0.15, 0.2) is 36.0 Å². The van der Waals surface area contributed by atoms with Crippen LogP contribution < -0.4 is 4.74 Å². The van der Waals surface area contributed by atoms with Crippen LogP contribution in [0.5, 0.6) is 5.75 Å². The van der Waals surface area contributed by atoms with E-state index in [2.05, 4.69) is 4.98 Å². The first-order valence-electron chi connectivity index (χ1n) is 6.77. The van der Waals surface area contributed by atoms with Crippen molar-refractivity contribution in [1.29, 1.82) is 0 Å². The van der Waals surface area contributed by atoms with E-state index in [4.69, 9.17) is 9.47 Å². The molecule has 0 aliphatic rings. The summed E-state index contributed by atoms with van der Waals surface area (Å²) in [6.45, 7) is 6.30. The van der Waals surface area contributed by atoms with E-state index in [0.29, 0.717) is 18.6 Å². The van der Waals surface area contributed by atoms with E-state index in [0.717, 1.165) is 10.6 Å². The lowest BCUT2D eigenvalue weighted by molar-refractivity contribution is 0.0510. The van der Waals surface area contributed by atoms with Gasteiger partial charge in [0.25, 0.3) is 0 Å². The van der Waals surface area contributed by atoms with E-state index in [1.165, 1.54) is 0 Å². The van der Waals surface area contributed by atoms with Gasteiger partial charge in [0.15, 0.2) is 0 Å². The van der Waals surface area contributed by atoms with Crippen LogP contribution in [-0.4, -0.2) is 23.2 Å². The molecular weight excluding hydrogens is 286 g/mol. The summed E-state index contributed by atoms with van der Waals surface area (Å²) in [5, 5.41) is 0. The predicted octanol–water partition coefficient (Wildman–Crippen LogP) is 3.72. The Kier molecular flexibility index (Phi) is 4.96. The number of hydrogen-bond acceptors (Lipinski definition) is 5. The van der Waals surface area contributed by atoms with Gasteiger partial charge in [0.2, 0.25) is 0 Å². The fourth-order valence-corrected chi connectivity index (χ4v) is 2.29. The Morgan fingerprint density at radius 3 is 2.52 bits per heavy atom. The molecule has 0 unspecified atom stereocenters. The van der Waals surface area contributed by atoms with Crippen LogP contribution >= 0.6 is 11.3 Å². The van der Waals surface area contributed by atoms with Crippen LogP contribution in [-0.2, 0) is 11.2 Å². The van der Waals surface area contributed by atoms with Crippen molar-refractivity contribution in [3.8, 4) is 5.75 Å². The molecule has 4 nitrogen and oxygen atoms in total. The first kappa shape index (κ1) is 15.5. The van der Waals surface area contributed by atoms with Crippen molar-refractivity contribution in [2.75, 3.05) is 6.61 Å². The minimum Gasteiger partial charge on any atom is -0.488 e. The maximum atomic E-state index is 11.9. The summed E-state index contributed by atoms with van der Waals surface area (Å²) in [4.78, 5) is 17.0. The second-order valence-electron chi connectivity index (χ2n) is 5.59. The van der Waals surface area contributed by atoms with Gasteiger partial charge in [-0.15, -0.1) is 11.3 Å². The lowest BCUT2D eigenvalue weighted by Gasteiger charge is -2.21. The highest BCUT2D eigenvalue weighted by molar-refractivity contribution is 7.09. The van der Waals surface area contributed by atoms with Crippen LogP contribution in [0.2, 0.25) is 0 Å². The Balaban J connectivity index is 1.85. The third kappa shape index (κ3) is 5.19. The largest absolute Gasteiger partial charge is 0.488 e. The molecule has 0 amide bonds. The molecule has 0 spiro atoms. The SMILES string of the molecule is CC(C)(C)Oc1ccc(C(=O)OCCc2cncs2)cc1. The molecule has 2 rings (SSSR count). The highest BCUT2D eigenvalue weighted by Gasteiger charge is 2.13. The van der Waals surface area contributed by atoms with Gasteiger partial charge in [-0.2, -0.15) is 0 Å². The van der Waals surface area contributed by atoms with Crippen LogP contribution in [0, 0.1) is 0 Å². The average molecular weight is 305 g/mol. The van der Waals surface area contributed by atoms with Gasteiger partial charge in [0, 0.05) is 17.5 Å². The molecule has 1 aromatic heterocycles. The molecule has 0 saturated carbocycles. The smallest absolute Gasteiger partial charge is 0.338 e. The number of hydrogen-bond donors (Lipinski definition) is 0. The van der Waals surface area contributed by atoms with Gasteiger partial charge in [-0.3, -0.25) is 4.98 Å². The number of ether oxygens (including phenoxy) is 2. The molecule has 21 heavy (non-hydrogen) atoms. The first-order chi connectivity index (χ1) is 9.94. The summed E-state index contributed by atoms with van der Waals surface area (Å²) in [5.74, 6) is 0.422. The van der Waals surface area contributed by atoms with Gasteiger partial charge in [0.1, 0.15) is 11.4 Å². The Hall–Kier alpha value is -1.88. The van der Waals surface area contributed by atoms with Crippen molar-refractivity contribution in [3.63, 3.8) is 0 Å². The van der Waals surface area contributed by atoms with Crippen molar-refractivity contribution in [3.05, 3.63) is 46.4 Å². The maximum absolute atomic E-state index is 11.9. The van der Waals surface area contributed by atoms with E-state index in [-0.39, 0.29) is 11.6 Å². The summed E-state index contributed by atoms with van der Waals surface area (Å²) in [5.41, 5.74) is 2.04. The topological polar surface area (TPSA) is 48.4 Å². The molecule has 1 heterocycles. The van der Waals surface area contributed by atoms with Crippen molar-refractivity contribution in [1.82, 2.24) is 4.98 Å². The highest BCUT2D eigenvalue weighted by Crippen LogP contribution is 2.19. The minimum absolute atomic E-state index is 0.253. The summed E-state index contributed by atoms with van der Waals surface area (Å²) < 4.78 is 11.0. The molecule has 0 N–H and O–H groups in total. The van der Waals surface area contributed by atoms with Gasteiger partial charge >= 0.3 is 5.97 Å². The lowest BCUT2D eigenvalue weighted by atomic mass is 10.1. The number of aromatic nitrogens is 1. The zero-order valence-electron chi connectivity index (χ0n) is 12.5. The van der Waals surface area contributed by atoms with E-state index in [1.807, 2.05) is 20.8 Å². The number of carbonyl (C=O) groups excluding carboxylic acids is 1. The van der Waals surface area contributed by atoms with Gasteiger partial charge in [-0.25, -0.2) is 4.79 Å². The number of carbonyl (C=O) groups is 1. The summed E-state index contributed by atoms with van der Waals surface area (Å²) in [6.07, 6.45) is 2.48. The quantitative estimate of drug-likeness (QED) is 0.790. The summed E-state index contributed by atoms with van der Waals surface area (Å²) in [6, 6.07) is 7.00. The number of benzene rings is 1. The third-order valence-corrected chi connectivity index (χ3v) is 3.42. The molecule has 0 fully saturated rings. The van der Waals surface area contributed by atoms with Crippen LogP contribution in [0.4, 0.5) is 0 Å². The van der Waals surface area contributed by atoms with Gasteiger partial charge in [-0.05, 0) is 45.0 Å². The van der Waals surface area contributed by atoms with Crippen LogP contribution in [0.25, 0.3) is 0 Å². The van der Waals surface area contributed by atoms with Crippen molar-refractivity contribution in [2.24, 2.45) is 0 Å². The number of esters is 1. The molecule has 2 aromatic rings. The molecule has 1 aromatic carbocycles. The van der Waals surface area contributed by atoms with E-state index < -0.39 is 0 Å². The molecule has 0 radical (unpaired) electrons. The third-order valence-electron chi connectivity index (χ3n) is 2.58.